The van der Waals surface area contributed by atoms with Crippen LogP contribution >= 0.6 is 28.1 Å². The zero-order chi connectivity index (χ0) is 22.1. The van der Waals surface area contributed by atoms with Crippen LogP contribution in [-0.2, 0) is 0 Å². The zero-order valence-corrected chi connectivity index (χ0v) is 19.8. The quantitative estimate of drug-likeness (QED) is 0.346. The van der Waals surface area contributed by atoms with Gasteiger partial charge < -0.3 is 19.5 Å². The summed E-state index contributed by atoms with van der Waals surface area (Å²) in [4.78, 5) is 6.81. The third kappa shape index (κ3) is 3.67. The fourth-order valence-corrected chi connectivity index (χ4v) is 4.83. The number of ether oxygens (including phenoxy) is 1. The molecule has 0 spiro atoms. The number of benzene rings is 2. The number of anilines is 1. The van der Waals surface area contributed by atoms with Crippen LogP contribution in [0.15, 0.2) is 95.7 Å². The van der Waals surface area contributed by atoms with Crippen LogP contribution in [0.3, 0.4) is 0 Å². The summed E-state index contributed by atoms with van der Waals surface area (Å²) in [5.74, 6) is 0.808. The van der Waals surface area contributed by atoms with Gasteiger partial charge in [-0.05, 0) is 72.9 Å². The molecule has 2 atom stereocenters. The number of hydrogen-bond donors (Lipinski definition) is 1. The molecule has 0 aliphatic carbocycles. The third-order valence-corrected chi connectivity index (χ3v) is 6.47. The van der Waals surface area contributed by atoms with Crippen molar-refractivity contribution in [3.63, 3.8) is 0 Å². The van der Waals surface area contributed by atoms with Gasteiger partial charge in [-0.15, -0.1) is 0 Å². The summed E-state index contributed by atoms with van der Waals surface area (Å²) >= 11 is 9.37. The van der Waals surface area contributed by atoms with E-state index >= 15 is 0 Å². The average Bonchev–Trinajstić information content (AvgIpc) is 3.44. The van der Waals surface area contributed by atoms with Gasteiger partial charge in [0, 0.05) is 28.2 Å². The second kappa shape index (κ2) is 8.76. The van der Waals surface area contributed by atoms with Gasteiger partial charge in [-0.25, -0.2) is 0 Å². The largest absolute Gasteiger partial charge is 0.495 e. The number of aromatic nitrogens is 2. The summed E-state index contributed by atoms with van der Waals surface area (Å²) in [5, 5.41) is 4.18. The number of para-hydroxylation sites is 2. The van der Waals surface area contributed by atoms with E-state index in [1.807, 2.05) is 54.7 Å². The van der Waals surface area contributed by atoms with Crippen LogP contribution in [0.5, 0.6) is 5.75 Å². The molecule has 2 aromatic carbocycles. The predicted octanol–water partition coefficient (Wildman–Crippen LogP) is 5.82. The van der Waals surface area contributed by atoms with Gasteiger partial charge in [0.15, 0.2) is 5.11 Å². The molecule has 2 unspecified atom stereocenters. The first-order valence-corrected chi connectivity index (χ1v) is 11.4. The maximum absolute atomic E-state index is 5.83. The number of methoxy groups -OCH3 is 1. The molecule has 1 N–H and O–H groups in total. The molecule has 0 radical (unpaired) electrons. The second-order valence-electron chi connectivity index (χ2n) is 7.45. The molecule has 3 heterocycles. The Kier molecular flexibility index (Phi) is 5.68. The molecule has 1 saturated heterocycles. The number of pyridine rings is 1. The first-order valence-electron chi connectivity index (χ1n) is 10.2. The lowest BCUT2D eigenvalue weighted by atomic mass is 10.0. The minimum atomic E-state index is -0.115. The Morgan fingerprint density at radius 2 is 1.75 bits per heavy atom. The standard InChI is InChI=1S/C25H21BrN4OS/c1-31-22-10-3-2-8-20(22)29-16-6-9-21(29)24-23(19-7-4-5-15-27-19)28-25(32)30(24)18-13-11-17(26)12-14-18/h2-16,23-24H,1H3,(H,28,32). The molecule has 1 aliphatic rings. The second-order valence-corrected chi connectivity index (χ2v) is 8.75. The van der Waals surface area contributed by atoms with Crippen molar-refractivity contribution in [1.82, 2.24) is 14.9 Å². The number of hydrogen-bond acceptors (Lipinski definition) is 3. The van der Waals surface area contributed by atoms with Crippen molar-refractivity contribution in [1.29, 1.82) is 0 Å². The summed E-state index contributed by atoms with van der Waals surface area (Å²) in [6, 6.07) is 26.2. The van der Waals surface area contributed by atoms with Crippen molar-refractivity contribution in [2.75, 3.05) is 12.0 Å². The highest BCUT2D eigenvalue weighted by Crippen LogP contribution is 2.43. The molecule has 160 valence electrons. The van der Waals surface area contributed by atoms with Crippen molar-refractivity contribution in [2.45, 2.75) is 12.1 Å². The SMILES string of the molecule is COc1ccccc1-n1cccc1C1C(c2ccccn2)NC(=S)N1c1ccc(Br)cc1. The summed E-state index contributed by atoms with van der Waals surface area (Å²) in [7, 11) is 1.69. The molecule has 0 bridgehead atoms. The highest BCUT2D eigenvalue weighted by Gasteiger charge is 2.42. The fraction of sp³-hybridized carbons (Fsp3) is 0.120. The normalized spacial score (nSPS) is 17.9. The van der Waals surface area contributed by atoms with Gasteiger partial charge >= 0.3 is 0 Å². The molecule has 1 fully saturated rings. The minimum absolute atomic E-state index is 0.113. The van der Waals surface area contributed by atoms with E-state index in [0.717, 1.165) is 33.0 Å². The highest BCUT2D eigenvalue weighted by molar-refractivity contribution is 9.10. The Labute approximate surface area is 200 Å². The average molecular weight is 505 g/mol. The molecule has 1 aliphatic heterocycles. The van der Waals surface area contributed by atoms with E-state index in [1.54, 1.807) is 7.11 Å². The number of nitrogens with zero attached hydrogens (tertiary/aromatic N) is 3. The molecule has 0 amide bonds. The van der Waals surface area contributed by atoms with Gasteiger partial charge in [0.05, 0.1) is 24.5 Å². The summed E-state index contributed by atoms with van der Waals surface area (Å²) in [6.45, 7) is 0. The predicted molar refractivity (Wildman–Crippen MR) is 134 cm³/mol. The van der Waals surface area contributed by atoms with Gasteiger partial charge in [0.1, 0.15) is 11.8 Å². The van der Waals surface area contributed by atoms with Crippen molar-refractivity contribution in [3.05, 3.63) is 107 Å². The van der Waals surface area contributed by atoms with E-state index in [0.29, 0.717) is 5.11 Å². The van der Waals surface area contributed by atoms with E-state index in [4.69, 9.17) is 17.0 Å². The Morgan fingerprint density at radius 3 is 2.50 bits per heavy atom. The Hall–Kier alpha value is -3.16. The van der Waals surface area contributed by atoms with E-state index < -0.39 is 0 Å². The lowest BCUT2D eigenvalue weighted by Crippen LogP contribution is -2.30. The lowest BCUT2D eigenvalue weighted by molar-refractivity contribution is 0.412. The molecule has 5 nitrogen and oxygen atoms in total. The van der Waals surface area contributed by atoms with Crippen molar-refractivity contribution in [2.24, 2.45) is 0 Å². The van der Waals surface area contributed by atoms with Gasteiger partial charge in [-0.2, -0.15) is 0 Å². The maximum atomic E-state index is 5.83. The van der Waals surface area contributed by atoms with Crippen LogP contribution in [0.4, 0.5) is 5.69 Å². The number of nitrogens with one attached hydrogen (secondary N) is 1. The van der Waals surface area contributed by atoms with Crippen LogP contribution < -0.4 is 15.0 Å². The van der Waals surface area contributed by atoms with Crippen LogP contribution in [0.1, 0.15) is 23.5 Å². The highest BCUT2D eigenvalue weighted by atomic mass is 79.9. The first kappa shape index (κ1) is 20.7. The van der Waals surface area contributed by atoms with Gasteiger partial charge in [-0.3, -0.25) is 4.98 Å². The van der Waals surface area contributed by atoms with Crippen molar-refractivity contribution >= 4 is 38.9 Å². The Balaban J connectivity index is 1.68. The monoisotopic (exact) mass is 504 g/mol. The molecular formula is C25H21BrN4OS. The number of thiocarbonyl (C=S) groups is 1. The molecule has 5 rings (SSSR count). The zero-order valence-electron chi connectivity index (χ0n) is 17.4. The summed E-state index contributed by atoms with van der Waals surface area (Å²) in [5.41, 5.74) is 4.01. The van der Waals surface area contributed by atoms with Crippen LogP contribution in [0.2, 0.25) is 0 Å². The fourth-order valence-electron chi connectivity index (χ4n) is 4.22. The molecule has 7 heteroatoms. The Bertz CT molecular complexity index is 1240. The first-order chi connectivity index (χ1) is 15.7. The Morgan fingerprint density at radius 1 is 0.969 bits per heavy atom. The molecular weight excluding hydrogens is 484 g/mol. The van der Waals surface area contributed by atoms with E-state index in [9.17, 15) is 0 Å². The number of rotatable bonds is 5. The molecule has 0 saturated carbocycles. The summed E-state index contributed by atoms with van der Waals surface area (Å²) in [6.07, 6.45) is 3.88. The van der Waals surface area contributed by atoms with Gasteiger partial charge in [-0.1, -0.05) is 34.1 Å². The number of halogens is 1. The third-order valence-electron chi connectivity index (χ3n) is 5.63. The molecule has 32 heavy (non-hydrogen) atoms. The lowest BCUT2D eigenvalue weighted by Gasteiger charge is -2.29. The summed E-state index contributed by atoms with van der Waals surface area (Å²) < 4.78 is 8.84. The molecule has 2 aromatic heterocycles. The van der Waals surface area contributed by atoms with Crippen LogP contribution in [0.25, 0.3) is 5.69 Å². The van der Waals surface area contributed by atoms with E-state index in [-0.39, 0.29) is 12.1 Å². The van der Waals surface area contributed by atoms with Gasteiger partial charge in [0.2, 0.25) is 0 Å². The maximum Gasteiger partial charge on any atom is 0.174 e. The van der Waals surface area contributed by atoms with Crippen LogP contribution in [0, 0.1) is 0 Å². The van der Waals surface area contributed by atoms with Crippen LogP contribution in [-0.4, -0.2) is 21.8 Å². The van der Waals surface area contributed by atoms with Gasteiger partial charge in [0.25, 0.3) is 0 Å². The minimum Gasteiger partial charge on any atom is -0.495 e. The topological polar surface area (TPSA) is 42.3 Å². The smallest absolute Gasteiger partial charge is 0.174 e. The van der Waals surface area contributed by atoms with E-state index in [2.05, 4.69) is 72.2 Å². The van der Waals surface area contributed by atoms with Crippen molar-refractivity contribution < 1.29 is 4.74 Å². The van der Waals surface area contributed by atoms with Crippen molar-refractivity contribution in [3.8, 4) is 11.4 Å². The molecule has 4 aromatic rings. The van der Waals surface area contributed by atoms with E-state index in [1.165, 1.54) is 0 Å².